The molecule has 0 bridgehead atoms. The first kappa shape index (κ1) is 12.9. The van der Waals surface area contributed by atoms with E-state index in [1.807, 2.05) is 0 Å². The van der Waals surface area contributed by atoms with Crippen LogP contribution in [0.4, 0.5) is 0 Å². The van der Waals surface area contributed by atoms with E-state index in [4.69, 9.17) is 0 Å². The zero-order valence-corrected chi connectivity index (χ0v) is 11.5. The third kappa shape index (κ3) is 3.06. The fourth-order valence-electron chi connectivity index (χ4n) is 4.29. The molecule has 0 aromatic carbocycles. The smallest absolute Gasteiger partial charge is 0.0669 e. The van der Waals surface area contributed by atoms with Gasteiger partial charge in [-0.25, -0.2) is 0 Å². The second kappa shape index (κ2) is 5.89. The number of nitrogens with zero attached hydrogens (tertiary/aromatic N) is 1. The van der Waals surface area contributed by atoms with E-state index in [-0.39, 0.29) is 6.10 Å². The Morgan fingerprint density at radius 3 is 2.72 bits per heavy atom. The van der Waals surface area contributed by atoms with Crippen molar-refractivity contribution in [1.29, 1.82) is 0 Å². The van der Waals surface area contributed by atoms with Gasteiger partial charge in [0.25, 0.3) is 0 Å². The molecule has 1 aliphatic carbocycles. The highest BCUT2D eigenvalue weighted by Gasteiger charge is 2.34. The molecule has 18 heavy (non-hydrogen) atoms. The summed E-state index contributed by atoms with van der Waals surface area (Å²) in [7, 11) is 0. The molecule has 3 fully saturated rings. The summed E-state index contributed by atoms with van der Waals surface area (Å²) in [4.78, 5) is 2.49. The summed E-state index contributed by atoms with van der Waals surface area (Å²) in [6.07, 6.45) is 9.14. The average molecular weight is 252 g/mol. The standard InChI is InChI=1S/C15H28N2O/c18-14(8-12-4-1-2-5-12)10-17-9-13-6-3-7-16-15(13)11-17/h12-16,18H,1-11H2/t13-,14?,15+/m0/s1. The van der Waals surface area contributed by atoms with Gasteiger partial charge in [-0.2, -0.15) is 0 Å². The zero-order chi connectivity index (χ0) is 12.4. The third-order valence-electron chi connectivity index (χ3n) is 5.22. The van der Waals surface area contributed by atoms with Crippen LogP contribution in [0.3, 0.4) is 0 Å². The van der Waals surface area contributed by atoms with Crippen molar-refractivity contribution in [3.63, 3.8) is 0 Å². The van der Waals surface area contributed by atoms with Gasteiger partial charge in [0, 0.05) is 25.7 Å². The number of rotatable bonds is 4. The summed E-state index contributed by atoms with van der Waals surface area (Å²) in [5.74, 6) is 1.65. The maximum Gasteiger partial charge on any atom is 0.0669 e. The van der Waals surface area contributed by atoms with Gasteiger partial charge < -0.3 is 10.4 Å². The first-order valence-electron chi connectivity index (χ1n) is 7.95. The molecule has 3 rings (SSSR count). The van der Waals surface area contributed by atoms with Crippen molar-refractivity contribution in [3.05, 3.63) is 0 Å². The number of fused-ring (bicyclic) bond motifs is 1. The maximum absolute atomic E-state index is 10.2. The second-order valence-corrected chi connectivity index (χ2v) is 6.72. The predicted octanol–water partition coefficient (Wildman–Crippen LogP) is 1.61. The summed E-state index contributed by atoms with van der Waals surface area (Å²) < 4.78 is 0. The highest BCUT2D eigenvalue weighted by Crippen LogP contribution is 2.30. The summed E-state index contributed by atoms with van der Waals surface area (Å²) >= 11 is 0. The van der Waals surface area contributed by atoms with Crippen LogP contribution >= 0.6 is 0 Å². The van der Waals surface area contributed by atoms with Crippen LogP contribution in [0.15, 0.2) is 0 Å². The van der Waals surface area contributed by atoms with Crippen molar-refractivity contribution < 1.29 is 5.11 Å². The van der Waals surface area contributed by atoms with Gasteiger partial charge >= 0.3 is 0 Å². The van der Waals surface area contributed by atoms with Crippen LogP contribution in [0.25, 0.3) is 0 Å². The molecule has 3 heteroatoms. The molecule has 2 N–H and O–H groups in total. The Labute approximate surface area is 111 Å². The quantitative estimate of drug-likeness (QED) is 0.798. The lowest BCUT2D eigenvalue weighted by Gasteiger charge is -2.24. The fourth-order valence-corrected chi connectivity index (χ4v) is 4.29. The molecule has 3 aliphatic rings. The SMILES string of the molecule is OC(CC1CCCC1)CN1C[C@@H]2CCCN[C@@H]2C1. The second-order valence-electron chi connectivity index (χ2n) is 6.72. The third-order valence-corrected chi connectivity index (χ3v) is 5.22. The van der Waals surface area contributed by atoms with Gasteiger partial charge in [0.15, 0.2) is 0 Å². The molecule has 1 saturated carbocycles. The minimum Gasteiger partial charge on any atom is -0.392 e. The Morgan fingerprint density at radius 2 is 1.94 bits per heavy atom. The van der Waals surface area contributed by atoms with Gasteiger partial charge in [-0.15, -0.1) is 0 Å². The Hall–Kier alpha value is -0.120. The number of nitrogens with one attached hydrogen (secondary N) is 1. The number of hydrogen-bond donors (Lipinski definition) is 2. The normalized spacial score (nSPS) is 35.8. The van der Waals surface area contributed by atoms with Crippen molar-refractivity contribution in [1.82, 2.24) is 10.2 Å². The number of piperidine rings is 1. The van der Waals surface area contributed by atoms with E-state index in [1.165, 1.54) is 51.6 Å². The van der Waals surface area contributed by atoms with Crippen LogP contribution in [0.5, 0.6) is 0 Å². The molecule has 3 atom stereocenters. The molecule has 2 heterocycles. The molecule has 3 nitrogen and oxygen atoms in total. The average Bonchev–Trinajstić information content (AvgIpc) is 2.96. The number of aliphatic hydroxyl groups excluding tert-OH is 1. The van der Waals surface area contributed by atoms with E-state index in [9.17, 15) is 5.11 Å². The number of β-amino-alcohol motifs (C(OH)–C–C–N with tert-alkyl or cyclic N) is 1. The minimum absolute atomic E-state index is 0.0896. The molecule has 0 radical (unpaired) electrons. The minimum atomic E-state index is -0.0896. The Bertz CT molecular complexity index is 251. The lowest BCUT2D eigenvalue weighted by molar-refractivity contribution is 0.0994. The van der Waals surface area contributed by atoms with Gasteiger partial charge in [-0.3, -0.25) is 4.90 Å². The molecule has 0 spiro atoms. The van der Waals surface area contributed by atoms with Crippen LogP contribution in [-0.4, -0.2) is 48.3 Å². The van der Waals surface area contributed by atoms with Gasteiger partial charge in [0.2, 0.25) is 0 Å². The van der Waals surface area contributed by atoms with Gasteiger partial charge in [-0.1, -0.05) is 25.7 Å². The molecule has 0 aromatic rings. The Balaban J connectivity index is 1.42. The Kier molecular flexibility index (Phi) is 4.22. The van der Waals surface area contributed by atoms with Crippen LogP contribution in [0.2, 0.25) is 0 Å². The number of hydrogen-bond acceptors (Lipinski definition) is 3. The van der Waals surface area contributed by atoms with Crippen molar-refractivity contribution in [2.24, 2.45) is 11.8 Å². The fraction of sp³-hybridized carbons (Fsp3) is 1.00. The largest absolute Gasteiger partial charge is 0.392 e. The van der Waals surface area contributed by atoms with Gasteiger partial charge in [0.1, 0.15) is 0 Å². The zero-order valence-electron chi connectivity index (χ0n) is 11.5. The van der Waals surface area contributed by atoms with E-state index < -0.39 is 0 Å². The van der Waals surface area contributed by atoms with Crippen molar-refractivity contribution in [2.75, 3.05) is 26.2 Å². The van der Waals surface area contributed by atoms with Gasteiger partial charge in [-0.05, 0) is 37.6 Å². The van der Waals surface area contributed by atoms with Crippen molar-refractivity contribution in [3.8, 4) is 0 Å². The molecule has 0 amide bonds. The summed E-state index contributed by atoms with van der Waals surface area (Å²) in [6, 6.07) is 0.706. The van der Waals surface area contributed by atoms with Gasteiger partial charge in [0.05, 0.1) is 6.10 Å². The molecular weight excluding hydrogens is 224 g/mol. The predicted molar refractivity (Wildman–Crippen MR) is 73.5 cm³/mol. The lowest BCUT2D eigenvalue weighted by Crippen LogP contribution is -2.41. The Morgan fingerprint density at radius 1 is 1.11 bits per heavy atom. The van der Waals surface area contributed by atoms with Crippen LogP contribution in [0.1, 0.15) is 44.9 Å². The first-order chi connectivity index (χ1) is 8.81. The van der Waals surface area contributed by atoms with Crippen LogP contribution in [-0.2, 0) is 0 Å². The molecule has 1 unspecified atom stereocenters. The maximum atomic E-state index is 10.2. The van der Waals surface area contributed by atoms with E-state index in [1.54, 1.807) is 0 Å². The highest BCUT2D eigenvalue weighted by atomic mass is 16.3. The molecular formula is C15H28N2O. The van der Waals surface area contributed by atoms with Crippen molar-refractivity contribution in [2.45, 2.75) is 57.1 Å². The topological polar surface area (TPSA) is 35.5 Å². The summed E-state index contributed by atoms with van der Waals surface area (Å²) in [5, 5.41) is 13.9. The van der Waals surface area contributed by atoms with E-state index in [0.717, 1.165) is 31.3 Å². The molecule has 104 valence electrons. The van der Waals surface area contributed by atoms with Crippen LogP contribution in [0, 0.1) is 11.8 Å². The molecule has 2 saturated heterocycles. The molecule has 0 aromatic heterocycles. The first-order valence-corrected chi connectivity index (χ1v) is 7.95. The molecule has 2 aliphatic heterocycles. The summed E-state index contributed by atoms with van der Waals surface area (Å²) in [6.45, 7) is 4.47. The van der Waals surface area contributed by atoms with Crippen LogP contribution < -0.4 is 5.32 Å². The lowest BCUT2D eigenvalue weighted by atomic mass is 9.94. The number of aliphatic hydroxyl groups is 1. The van der Waals surface area contributed by atoms with E-state index in [2.05, 4.69) is 10.2 Å². The van der Waals surface area contributed by atoms with E-state index in [0.29, 0.717) is 6.04 Å². The monoisotopic (exact) mass is 252 g/mol. The van der Waals surface area contributed by atoms with E-state index >= 15 is 0 Å². The van der Waals surface area contributed by atoms with Crippen molar-refractivity contribution >= 4 is 0 Å². The number of likely N-dealkylation sites (tertiary alicyclic amines) is 1. The highest BCUT2D eigenvalue weighted by molar-refractivity contribution is 4.92. The summed E-state index contributed by atoms with van der Waals surface area (Å²) in [5.41, 5.74) is 0.